The molecule has 1 aliphatic heterocycles. The summed E-state index contributed by atoms with van der Waals surface area (Å²) in [5.41, 5.74) is -4.34. The van der Waals surface area contributed by atoms with Gasteiger partial charge in [0.25, 0.3) is 5.56 Å². The second-order valence-corrected chi connectivity index (χ2v) is 5.34. The molecule has 5 N–H and O–H groups in total. The van der Waals surface area contributed by atoms with Gasteiger partial charge in [-0.3, -0.25) is 14.3 Å². The van der Waals surface area contributed by atoms with Crippen LogP contribution < -0.4 is 16.6 Å². The van der Waals surface area contributed by atoms with Crippen LogP contribution in [0.15, 0.2) is 15.8 Å². The van der Waals surface area contributed by atoms with Gasteiger partial charge >= 0.3 is 11.7 Å². The number of aromatic carboxylic acids is 1. The number of aliphatic hydroxyl groups excluding tert-OH is 2. The molecule has 1 aliphatic rings. The third-order valence-corrected chi connectivity index (χ3v) is 3.94. The van der Waals surface area contributed by atoms with Crippen molar-refractivity contribution in [2.45, 2.75) is 24.0 Å². The zero-order chi connectivity index (χ0) is 18.1. The maximum absolute atomic E-state index is 12.3. The van der Waals surface area contributed by atoms with Gasteiger partial charge in [0.05, 0.1) is 6.61 Å². The number of nitrogens with one attached hydrogen (secondary N) is 2. The number of methoxy groups -OCH3 is 1. The van der Waals surface area contributed by atoms with E-state index in [-0.39, 0.29) is 6.54 Å². The van der Waals surface area contributed by atoms with E-state index < -0.39 is 53.4 Å². The molecule has 0 bridgehead atoms. The molecular formula is C13H19N3O8. The van der Waals surface area contributed by atoms with Crippen molar-refractivity contribution >= 4 is 5.97 Å². The maximum atomic E-state index is 12.3. The van der Waals surface area contributed by atoms with Gasteiger partial charge in [-0.25, -0.2) is 9.59 Å². The van der Waals surface area contributed by atoms with Crippen molar-refractivity contribution in [1.29, 1.82) is 0 Å². The number of nitrogens with zero attached hydrogens (tertiary/aromatic N) is 1. The molecule has 1 aromatic heterocycles. The molecule has 2 heterocycles. The molecule has 1 fully saturated rings. The lowest BCUT2D eigenvalue weighted by atomic mass is 10.0. The Bertz CT molecular complexity index is 729. The van der Waals surface area contributed by atoms with Gasteiger partial charge in [-0.1, -0.05) is 0 Å². The second-order valence-electron chi connectivity index (χ2n) is 5.34. The minimum Gasteiger partial charge on any atom is -0.477 e. The van der Waals surface area contributed by atoms with Gasteiger partial charge in [0, 0.05) is 19.9 Å². The van der Waals surface area contributed by atoms with Crippen molar-refractivity contribution in [3.8, 4) is 0 Å². The minimum absolute atomic E-state index is 0.0654. The number of carbonyl (C=O) groups is 1. The van der Waals surface area contributed by atoms with Gasteiger partial charge in [0.15, 0.2) is 5.72 Å². The largest absolute Gasteiger partial charge is 0.477 e. The third kappa shape index (κ3) is 2.76. The van der Waals surface area contributed by atoms with E-state index in [9.17, 15) is 24.6 Å². The van der Waals surface area contributed by atoms with Crippen molar-refractivity contribution in [3.05, 3.63) is 32.6 Å². The fraction of sp³-hybridized carbons (Fsp3) is 0.615. The van der Waals surface area contributed by atoms with Crippen molar-refractivity contribution in [1.82, 2.24) is 14.9 Å². The number of aromatic nitrogens is 2. The number of hydrogen-bond donors (Lipinski definition) is 5. The molecule has 2 rings (SSSR count). The van der Waals surface area contributed by atoms with Crippen molar-refractivity contribution in [2.24, 2.45) is 0 Å². The summed E-state index contributed by atoms with van der Waals surface area (Å²) in [4.78, 5) is 37.0. The molecule has 0 radical (unpaired) electrons. The molecule has 24 heavy (non-hydrogen) atoms. The summed E-state index contributed by atoms with van der Waals surface area (Å²) < 4.78 is 11.7. The van der Waals surface area contributed by atoms with E-state index in [1.54, 1.807) is 7.05 Å². The summed E-state index contributed by atoms with van der Waals surface area (Å²) in [5, 5.41) is 31.5. The number of aliphatic hydroxyl groups is 2. The normalized spacial score (nSPS) is 29.8. The minimum atomic E-state index is -1.66. The summed E-state index contributed by atoms with van der Waals surface area (Å²) >= 11 is 0. The summed E-state index contributed by atoms with van der Waals surface area (Å²) in [6, 6.07) is 0. The summed E-state index contributed by atoms with van der Waals surface area (Å²) in [6.07, 6.45) is -2.61. The zero-order valence-corrected chi connectivity index (χ0v) is 13.1. The topological polar surface area (TPSA) is 163 Å². The molecule has 1 saturated heterocycles. The van der Waals surface area contributed by atoms with E-state index in [1.165, 1.54) is 7.11 Å². The Balaban J connectivity index is 2.72. The maximum Gasteiger partial charge on any atom is 0.342 e. The number of carboxylic acids is 1. The number of rotatable bonds is 6. The Morgan fingerprint density at radius 3 is 2.71 bits per heavy atom. The predicted molar refractivity (Wildman–Crippen MR) is 78.9 cm³/mol. The van der Waals surface area contributed by atoms with Crippen LogP contribution in [0.2, 0.25) is 0 Å². The summed E-state index contributed by atoms with van der Waals surface area (Å²) in [6.45, 7) is -0.611. The Labute approximate surface area is 135 Å². The zero-order valence-electron chi connectivity index (χ0n) is 13.1. The van der Waals surface area contributed by atoms with Gasteiger partial charge in [-0.2, -0.15) is 0 Å². The first-order valence-electron chi connectivity index (χ1n) is 7.06. The number of hydrogen-bond acceptors (Lipinski definition) is 8. The van der Waals surface area contributed by atoms with Crippen LogP contribution in [0.3, 0.4) is 0 Å². The van der Waals surface area contributed by atoms with Gasteiger partial charge < -0.3 is 30.1 Å². The van der Waals surface area contributed by atoms with Crippen LogP contribution in [0.4, 0.5) is 0 Å². The predicted octanol–water partition coefficient (Wildman–Crippen LogP) is -3.13. The van der Waals surface area contributed by atoms with E-state index >= 15 is 0 Å². The number of aromatic amines is 1. The van der Waals surface area contributed by atoms with Crippen LogP contribution in [0.5, 0.6) is 0 Å². The van der Waals surface area contributed by atoms with Crippen molar-refractivity contribution in [3.63, 3.8) is 0 Å². The van der Waals surface area contributed by atoms with E-state index in [2.05, 4.69) is 5.32 Å². The second kappa shape index (κ2) is 6.83. The first kappa shape index (κ1) is 18.3. The molecule has 4 atom stereocenters. The smallest absolute Gasteiger partial charge is 0.342 e. The standard InChI is InChI=1S/C13H19N3O8/c1-14-5-13(9(23-2)8(18)7(4-17)24-13)16-3-6(11(20)21)10(19)15-12(16)22/h3,7-9,14,17-18H,4-5H2,1-2H3,(H,20,21)(H,15,19,22)/t7-,8-,9-,13-/m1/s1. The first-order valence-corrected chi connectivity index (χ1v) is 7.06. The third-order valence-electron chi connectivity index (χ3n) is 3.94. The van der Waals surface area contributed by atoms with E-state index in [4.69, 9.17) is 14.6 Å². The van der Waals surface area contributed by atoms with E-state index in [1.807, 2.05) is 4.98 Å². The molecule has 11 heteroatoms. The highest BCUT2D eigenvalue weighted by Gasteiger charge is 2.56. The van der Waals surface area contributed by atoms with E-state index in [0.29, 0.717) is 0 Å². The summed E-state index contributed by atoms with van der Waals surface area (Å²) in [7, 11) is 2.82. The van der Waals surface area contributed by atoms with Crippen LogP contribution in [-0.2, 0) is 15.2 Å². The molecular weight excluding hydrogens is 326 g/mol. The fourth-order valence-electron chi connectivity index (χ4n) is 2.91. The molecule has 0 aromatic carbocycles. The monoisotopic (exact) mass is 345 g/mol. The quantitative estimate of drug-likeness (QED) is 0.359. The van der Waals surface area contributed by atoms with Crippen LogP contribution >= 0.6 is 0 Å². The highest BCUT2D eigenvalue weighted by Crippen LogP contribution is 2.36. The Hall–Kier alpha value is -2.05. The molecule has 134 valence electrons. The lowest BCUT2D eigenvalue weighted by Gasteiger charge is -2.35. The number of carboxylic acid groups (broad SMARTS) is 1. The molecule has 0 unspecified atom stereocenters. The molecule has 0 aliphatic carbocycles. The van der Waals surface area contributed by atoms with Crippen LogP contribution in [0, 0.1) is 0 Å². The highest BCUT2D eigenvalue weighted by atomic mass is 16.6. The first-order chi connectivity index (χ1) is 11.3. The molecule has 0 spiro atoms. The van der Waals surface area contributed by atoms with Crippen LogP contribution in [-0.4, -0.2) is 76.5 Å². The summed E-state index contributed by atoms with van der Waals surface area (Å²) in [5.74, 6) is -1.53. The molecule has 0 saturated carbocycles. The molecule has 0 amide bonds. The van der Waals surface area contributed by atoms with Gasteiger partial charge in [-0.05, 0) is 7.05 Å². The van der Waals surface area contributed by atoms with Gasteiger partial charge in [0.2, 0.25) is 0 Å². The number of H-pyrrole nitrogens is 1. The van der Waals surface area contributed by atoms with Crippen LogP contribution in [0.1, 0.15) is 10.4 Å². The lowest BCUT2D eigenvalue weighted by molar-refractivity contribution is -0.154. The highest BCUT2D eigenvalue weighted by molar-refractivity contribution is 5.86. The lowest BCUT2D eigenvalue weighted by Crippen LogP contribution is -2.57. The molecule has 1 aromatic rings. The average molecular weight is 345 g/mol. The Morgan fingerprint density at radius 2 is 2.21 bits per heavy atom. The van der Waals surface area contributed by atoms with Crippen LogP contribution in [0.25, 0.3) is 0 Å². The van der Waals surface area contributed by atoms with Gasteiger partial charge in [0.1, 0.15) is 23.9 Å². The Kier molecular flexibility index (Phi) is 5.20. The van der Waals surface area contributed by atoms with E-state index in [0.717, 1.165) is 10.8 Å². The SMILES string of the molecule is CNC[C@@]1(n2cc(C(=O)O)c(=O)[nH]c2=O)O[C@H](CO)[C@@H](O)[C@H]1OC. The van der Waals surface area contributed by atoms with Crippen molar-refractivity contribution in [2.75, 3.05) is 27.3 Å². The molecule has 11 nitrogen and oxygen atoms in total. The Morgan fingerprint density at radius 1 is 1.54 bits per heavy atom. The fourth-order valence-corrected chi connectivity index (χ4v) is 2.91. The average Bonchev–Trinajstić information content (AvgIpc) is 2.79. The van der Waals surface area contributed by atoms with Crippen molar-refractivity contribution < 1.29 is 29.6 Å². The number of likely N-dealkylation sites (N-methyl/N-ethyl adjacent to an activating group) is 1. The number of ether oxygens (including phenoxy) is 2. The van der Waals surface area contributed by atoms with Gasteiger partial charge in [-0.15, -0.1) is 0 Å².